The number of hydrogen-bond acceptors (Lipinski definition) is 5. The zero-order chi connectivity index (χ0) is 19.1. The van der Waals surface area contributed by atoms with Crippen LogP contribution in [0.15, 0.2) is 30.3 Å². The van der Waals surface area contributed by atoms with Gasteiger partial charge in [-0.05, 0) is 44.1 Å². The van der Waals surface area contributed by atoms with Crippen LogP contribution in [-0.2, 0) is 25.6 Å². The third-order valence-corrected chi connectivity index (χ3v) is 5.24. The molecule has 3 rings (SSSR count). The zero-order valence-corrected chi connectivity index (χ0v) is 16.0. The smallest absolute Gasteiger partial charge is 0.410 e. The molecule has 1 aromatic rings. The molecule has 6 nitrogen and oxygen atoms in total. The van der Waals surface area contributed by atoms with Crippen LogP contribution in [0.5, 0.6) is 0 Å². The Labute approximate surface area is 160 Å². The molecular formula is C21H29NO5. The minimum absolute atomic E-state index is 0.0450. The van der Waals surface area contributed by atoms with Gasteiger partial charge in [0.2, 0.25) is 0 Å². The minimum atomic E-state index is -0.251. The summed E-state index contributed by atoms with van der Waals surface area (Å²) < 4.78 is 16.9. The number of piperidine rings is 1. The fraction of sp³-hybridized carbons (Fsp3) is 0.619. The van der Waals surface area contributed by atoms with Crippen molar-refractivity contribution in [2.45, 2.75) is 70.4 Å². The highest BCUT2D eigenvalue weighted by molar-refractivity contribution is 5.67. The number of esters is 1. The molecule has 0 bridgehead atoms. The summed E-state index contributed by atoms with van der Waals surface area (Å²) in [5, 5.41) is 0. The maximum absolute atomic E-state index is 12.2. The summed E-state index contributed by atoms with van der Waals surface area (Å²) in [4.78, 5) is 25.0. The monoisotopic (exact) mass is 375 g/mol. The van der Waals surface area contributed by atoms with E-state index in [2.05, 4.69) is 0 Å². The zero-order valence-electron chi connectivity index (χ0n) is 16.0. The largest absolute Gasteiger partial charge is 0.463 e. The normalized spacial score (nSPS) is 23.7. The summed E-state index contributed by atoms with van der Waals surface area (Å²) in [5.41, 5.74) is 0.994. The van der Waals surface area contributed by atoms with Gasteiger partial charge in [0.25, 0.3) is 0 Å². The maximum Gasteiger partial charge on any atom is 0.410 e. The fourth-order valence-electron chi connectivity index (χ4n) is 3.78. The van der Waals surface area contributed by atoms with Crippen LogP contribution in [0.25, 0.3) is 0 Å². The highest BCUT2D eigenvalue weighted by Crippen LogP contribution is 2.27. The van der Waals surface area contributed by atoms with Crippen molar-refractivity contribution in [1.82, 2.24) is 4.90 Å². The molecule has 1 heterocycles. The number of likely N-dealkylation sites (tertiary alicyclic amines) is 1. The van der Waals surface area contributed by atoms with Gasteiger partial charge >= 0.3 is 12.1 Å². The highest BCUT2D eigenvalue weighted by Gasteiger charge is 2.29. The van der Waals surface area contributed by atoms with E-state index in [1.807, 2.05) is 30.3 Å². The number of hydrogen-bond donors (Lipinski definition) is 0. The van der Waals surface area contributed by atoms with Crippen LogP contribution in [-0.4, -0.2) is 48.4 Å². The van der Waals surface area contributed by atoms with Crippen molar-refractivity contribution in [2.75, 3.05) is 13.1 Å². The molecule has 0 atom stereocenters. The first-order valence-corrected chi connectivity index (χ1v) is 9.88. The predicted molar refractivity (Wildman–Crippen MR) is 100 cm³/mol. The first kappa shape index (κ1) is 19.7. The van der Waals surface area contributed by atoms with Gasteiger partial charge in [-0.3, -0.25) is 4.79 Å². The molecule has 0 N–H and O–H groups in total. The van der Waals surface area contributed by atoms with Gasteiger partial charge in [-0.15, -0.1) is 0 Å². The van der Waals surface area contributed by atoms with Gasteiger partial charge in [0, 0.05) is 20.0 Å². The van der Waals surface area contributed by atoms with Crippen molar-refractivity contribution in [1.29, 1.82) is 0 Å². The molecule has 6 heteroatoms. The SMILES string of the molecule is CC(=O)OC1CCC(OC2CCN(C(=O)OCc3ccccc3)CC2)CC1. The van der Waals surface area contributed by atoms with Crippen molar-refractivity contribution in [2.24, 2.45) is 0 Å². The molecule has 1 aliphatic carbocycles. The van der Waals surface area contributed by atoms with Crippen LogP contribution in [0.1, 0.15) is 51.0 Å². The van der Waals surface area contributed by atoms with Gasteiger partial charge in [0.05, 0.1) is 12.2 Å². The van der Waals surface area contributed by atoms with Crippen LogP contribution >= 0.6 is 0 Å². The number of carbonyl (C=O) groups excluding carboxylic acids is 2. The molecule has 1 saturated heterocycles. The Morgan fingerprint density at radius 2 is 1.52 bits per heavy atom. The average Bonchev–Trinajstić information content (AvgIpc) is 2.69. The van der Waals surface area contributed by atoms with Gasteiger partial charge in [-0.1, -0.05) is 30.3 Å². The van der Waals surface area contributed by atoms with E-state index in [1.165, 1.54) is 6.92 Å². The molecule has 1 aromatic carbocycles. The minimum Gasteiger partial charge on any atom is -0.463 e. The molecule has 0 spiro atoms. The second-order valence-corrected chi connectivity index (χ2v) is 7.37. The molecule has 2 aliphatic rings. The Kier molecular flexibility index (Phi) is 7.10. The standard InChI is InChI=1S/C21H29NO5/c1-16(23)26-18-7-9-19(10-8-18)27-20-11-13-22(14-12-20)21(24)25-15-17-5-3-2-4-6-17/h2-6,18-20H,7-15H2,1H3. The third kappa shape index (κ3) is 6.24. The summed E-state index contributed by atoms with van der Waals surface area (Å²) in [7, 11) is 0. The van der Waals surface area contributed by atoms with Crippen molar-refractivity contribution in [3.8, 4) is 0 Å². The van der Waals surface area contributed by atoms with Gasteiger partial charge in [0.15, 0.2) is 0 Å². The number of rotatable bonds is 5. The van der Waals surface area contributed by atoms with E-state index in [9.17, 15) is 9.59 Å². The molecule has 1 amide bonds. The van der Waals surface area contributed by atoms with E-state index in [0.717, 1.165) is 44.1 Å². The second kappa shape index (κ2) is 9.74. The van der Waals surface area contributed by atoms with Crippen LogP contribution in [0, 0.1) is 0 Å². The van der Waals surface area contributed by atoms with Crippen molar-refractivity contribution in [3.05, 3.63) is 35.9 Å². The Bertz CT molecular complexity index is 604. The van der Waals surface area contributed by atoms with Gasteiger partial charge in [-0.25, -0.2) is 4.79 Å². The van der Waals surface area contributed by atoms with Crippen LogP contribution in [0.2, 0.25) is 0 Å². The Hall–Kier alpha value is -2.08. The number of carbonyl (C=O) groups is 2. The Morgan fingerprint density at radius 3 is 2.15 bits per heavy atom. The Morgan fingerprint density at radius 1 is 0.926 bits per heavy atom. The van der Waals surface area contributed by atoms with Gasteiger partial charge in [-0.2, -0.15) is 0 Å². The van der Waals surface area contributed by atoms with Crippen molar-refractivity contribution < 1.29 is 23.8 Å². The topological polar surface area (TPSA) is 65.1 Å². The fourth-order valence-corrected chi connectivity index (χ4v) is 3.78. The molecule has 27 heavy (non-hydrogen) atoms. The van der Waals surface area contributed by atoms with E-state index in [4.69, 9.17) is 14.2 Å². The number of nitrogens with zero attached hydrogens (tertiary/aromatic N) is 1. The van der Waals surface area contributed by atoms with Gasteiger partial charge in [0.1, 0.15) is 12.7 Å². The van der Waals surface area contributed by atoms with Crippen LogP contribution in [0.4, 0.5) is 4.79 Å². The lowest BCUT2D eigenvalue weighted by atomic mass is 9.94. The van der Waals surface area contributed by atoms with E-state index in [0.29, 0.717) is 19.7 Å². The van der Waals surface area contributed by atoms with Crippen molar-refractivity contribution in [3.63, 3.8) is 0 Å². The summed E-state index contributed by atoms with van der Waals surface area (Å²) in [6.07, 6.45) is 5.49. The van der Waals surface area contributed by atoms with Crippen molar-refractivity contribution >= 4 is 12.1 Å². The Balaban J connectivity index is 1.33. The summed E-state index contributed by atoms with van der Waals surface area (Å²) in [5.74, 6) is -0.203. The lowest BCUT2D eigenvalue weighted by molar-refractivity contribution is -0.150. The third-order valence-electron chi connectivity index (χ3n) is 5.24. The summed E-state index contributed by atoms with van der Waals surface area (Å²) >= 11 is 0. The highest BCUT2D eigenvalue weighted by atomic mass is 16.6. The molecule has 0 radical (unpaired) electrons. The molecule has 0 unspecified atom stereocenters. The first-order chi connectivity index (χ1) is 13.1. The summed E-state index contributed by atoms with van der Waals surface area (Å²) in [6.45, 7) is 3.10. The number of amides is 1. The van der Waals surface area contributed by atoms with E-state index in [-0.39, 0.29) is 30.4 Å². The first-order valence-electron chi connectivity index (χ1n) is 9.88. The molecule has 0 aromatic heterocycles. The summed E-state index contributed by atoms with van der Waals surface area (Å²) in [6, 6.07) is 9.71. The number of ether oxygens (including phenoxy) is 3. The average molecular weight is 375 g/mol. The van der Waals surface area contributed by atoms with Crippen LogP contribution in [0.3, 0.4) is 0 Å². The quantitative estimate of drug-likeness (QED) is 0.735. The second-order valence-electron chi connectivity index (χ2n) is 7.37. The van der Waals surface area contributed by atoms with Crippen LogP contribution < -0.4 is 0 Å². The molecule has 148 valence electrons. The lowest BCUT2D eigenvalue weighted by Crippen LogP contribution is -2.42. The molecular weight excluding hydrogens is 346 g/mol. The maximum atomic E-state index is 12.2. The molecule has 2 fully saturated rings. The van der Waals surface area contributed by atoms with E-state index < -0.39 is 0 Å². The molecule has 1 aliphatic heterocycles. The van der Waals surface area contributed by atoms with E-state index >= 15 is 0 Å². The van der Waals surface area contributed by atoms with Gasteiger partial charge < -0.3 is 19.1 Å². The lowest BCUT2D eigenvalue weighted by Gasteiger charge is -2.35. The van der Waals surface area contributed by atoms with E-state index in [1.54, 1.807) is 4.90 Å². The number of benzene rings is 1. The molecule has 1 saturated carbocycles. The predicted octanol–water partition coefficient (Wildman–Crippen LogP) is 3.68.